The number of carbonyl (C=O) groups is 1. The minimum Gasteiger partial charge on any atom is -0.482 e. The molecule has 1 amide bonds. The molecule has 41 heavy (non-hydrogen) atoms. The fraction of sp³-hybridized carbons (Fsp3) is 0.138. The summed E-state index contributed by atoms with van der Waals surface area (Å²) in [5.41, 5.74) is 5.51. The van der Waals surface area contributed by atoms with Crippen LogP contribution < -0.4 is 14.9 Å². The molecule has 0 radical (unpaired) electrons. The van der Waals surface area contributed by atoms with Crippen LogP contribution in [-0.4, -0.2) is 55.2 Å². The average Bonchev–Trinajstić information content (AvgIpc) is 3.50. The number of amides is 1. The molecule has 0 unspecified atom stereocenters. The number of carbonyl (C=O) groups excluding carboxylic acids is 1. The first-order valence-corrected chi connectivity index (χ1v) is 15.0. The van der Waals surface area contributed by atoms with Crippen LogP contribution in [0.2, 0.25) is 0 Å². The van der Waals surface area contributed by atoms with E-state index in [0.29, 0.717) is 21.9 Å². The van der Waals surface area contributed by atoms with Gasteiger partial charge in [-0.1, -0.05) is 24.3 Å². The number of aromatic amines is 1. The van der Waals surface area contributed by atoms with Crippen molar-refractivity contribution < 1.29 is 17.9 Å². The van der Waals surface area contributed by atoms with Crippen molar-refractivity contribution in [3.63, 3.8) is 0 Å². The van der Waals surface area contributed by atoms with Crippen molar-refractivity contribution in [3.05, 3.63) is 88.2 Å². The van der Waals surface area contributed by atoms with Gasteiger partial charge in [0.25, 0.3) is 5.91 Å². The summed E-state index contributed by atoms with van der Waals surface area (Å²) in [6.45, 7) is 1.97. The number of hydrogen-bond acceptors (Lipinski definition) is 7. The Labute approximate surface area is 240 Å². The SMILES string of the molecule is Cc1[nH]c2ccccc2c1/C=N\n1c(-c2ccc3c(c2)NC(=O)CO3)csc1=Nc1cccc(S(=O)(=O)N(C)C)c1. The number of benzene rings is 3. The summed E-state index contributed by atoms with van der Waals surface area (Å²) in [6, 6.07) is 20.1. The van der Waals surface area contributed by atoms with Crippen LogP contribution in [0.25, 0.3) is 22.2 Å². The van der Waals surface area contributed by atoms with Crippen molar-refractivity contribution in [1.29, 1.82) is 0 Å². The van der Waals surface area contributed by atoms with Gasteiger partial charge < -0.3 is 15.0 Å². The van der Waals surface area contributed by atoms with Crippen LogP contribution in [0.3, 0.4) is 0 Å². The van der Waals surface area contributed by atoms with Gasteiger partial charge in [-0.15, -0.1) is 11.3 Å². The number of fused-ring (bicyclic) bond motifs is 2. The molecule has 0 fully saturated rings. The lowest BCUT2D eigenvalue weighted by Crippen LogP contribution is -2.25. The van der Waals surface area contributed by atoms with Gasteiger partial charge in [-0.2, -0.15) is 5.10 Å². The summed E-state index contributed by atoms with van der Waals surface area (Å²) in [5, 5.41) is 10.7. The van der Waals surface area contributed by atoms with Gasteiger partial charge in [0.05, 0.1) is 28.2 Å². The Morgan fingerprint density at radius 3 is 2.73 bits per heavy atom. The molecule has 0 atom stereocenters. The lowest BCUT2D eigenvalue weighted by atomic mass is 10.1. The number of aromatic nitrogens is 2. The Bertz CT molecular complexity index is 2020. The zero-order valence-electron chi connectivity index (χ0n) is 22.5. The summed E-state index contributed by atoms with van der Waals surface area (Å²) in [7, 11) is -0.643. The molecule has 0 aliphatic carbocycles. The highest BCUT2D eigenvalue weighted by molar-refractivity contribution is 7.89. The predicted molar refractivity (Wildman–Crippen MR) is 160 cm³/mol. The molecular weight excluding hydrogens is 560 g/mol. The first-order chi connectivity index (χ1) is 19.7. The molecule has 2 N–H and O–H groups in total. The first-order valence-electron chi connectivity index (χ1n) is 12.7. The molecule has 3 aromatic carbocycles. The molecule has 1 aliphatic rings. The monoisotopic (exact) mass is 586 g/mol. The van der Waals surface area contributed by atoms with E-state index >= 15 is 0 Å². The second-order valence-corrected chi connectivity index (χ2v) is 12.6. The first kappa shape index (κ1) is 26.7. The van der Waals surface area contributed by atoms with Gasteiger partial charge in [0, 0.05) is 47.2 Å². The molecule has 5 aromatic rings. The van der Waals surface area contributed by atoms with Crippen molar-refractivity contribution in [2.45, 2.75) is 11.8 Å². The van der Waals surface area contributed by atoms with Gasteiger partial charge in [0.2, 0.25) is 14.8 Å². The number of nitrogens with zero attached hydrogens (tertiary/aromatic N) is 4. The second kappa shape index (κ2) is 10.5. The molecule has 3 heterocycles. The fourth-order valence-corrected chi connectivity index (χ4v) is 6.34. The summed E-state index contributed by atoms with van der Waals surface area (Å²) in [5.74, 6) is 0.376. The zero-order chi connectivity index (χ0) is 28.7. The number of anilines is 1. The molecule has 0 bridgehead atoms. The third-order valence-corrected chi connectivity index (χ3v) is 9.29. The van der Waals surface area contributed by atoms with Crippen LogP contribution >= 0.6 is 11.3 Å². The number of ether oxygens (including phenoxy) is 1. The van der Waals surface area contributed by atoms with Gasteiger partial charge in [-0.3, -0.25) is 4.79 Å². The van der Waals surface area contributed by atoms with Crippen LogP contribution in [-0.2, 0) is 14.8 Å². The van der Waals surface area contributed by atoms with Gasteiger partial charge in [0.1, 0.15) is 5.75 Å². The Hall–Kier alpha value is -4.52. The Morgan fingerprint density at radius 1 is 1.07 bits per heavy atom. The maximum Gasteiger partial charge on any atom is 0.262 e. The lowest BCUT2D eigenvalue weighted by Gasteiger charge is -2.18. The van der Waals surface area contributed by atoms with Crippen LogP contribution in [0.1, 0.15) is 11.3 Å². The van der Waals surface area contributed by atoms with E-state index in [1.807, 2.05) is 54.8 Å². The van der Waals surface area contributed by atoms with Gasteiger partial charge in [0.15, 0.2) is 6.61 Å². The largest absolute Gasteiger partial charge is 0.482 e. The maximum absolute atomic E-state index is 12.7. The second-order valence-electron chi connectivity index (χ2n) is 9.61. The zero-order valence-corrected chi connectivity index (χ0v) is 24.1. The Balaban J connectivity index is 1.51. The fourth-order valence-electron chi connectivity index (χ4n) is 4.54. The van der Waals surface area contributed by atoms with E-state index in [-0.39, 0.29) is 17.4 Å². The number of sulfonamides is 1. The molecular formula is C29H26N6O4S2. The van der Waals surface area contributed by atoms with Crippen molar-refractivity contribution in [2.75, 3.05) is 26.0 Å². The van der Waals surface area contributed by atoms with Gasteiger partial charge in [-0.25, -0.2) is 22.4 Å². The number of thiazole rings is 1. The number of nitrogens with one attached hydrogen (secondary N) is 2. The topological polar surface area (TPSA) is 121 Å². The standard InChI is InChI=1S/C29H26N6O4S2/c1-18-23(22-9-4-5-10-24(22)31-18)15-30-35-26(19-11-12-27-25(13-19)33-28(36)16-39-27)17-40-29(35)32-20-7-6-8-21(14-20)41(37,38)34(2)3/h4-15,17,31H,16H2,1-3H3,(H,33,36)/b30-15-,32-29?. The predicted octanol–water partition coefficient (Wildman–Crippen LogP) is 4.70. The molecule has 0 saturated heterocycles. The van der Waals surface area contributed by atoms with Crippen LogP contribution in [0.5, 0.6) is 5.75 Å². The number of H-pyrrole nitrogens is 1. The number of aryl methyl sites for hydroxylation is 1. The van der Waals surface area contributed by atoms with E-state index in [1.165, 1.54) is 29.7 Å². The minimum absolute atomic E-state index is 0.0231. The van der Waals surface area contributed by atoms with E-state index in [2.05, 4.69) is 10.3 Å². The summed E-state index contributed by atoms with van der Waals surface area (Å²) >= 11 is 1.36. The van der Waals surface area contributed by atoms with E-state index < -0.39 is 10.0 Å². The van der Waals surface area contributed by atoms with Crippen molar-refractivity contribution in [2.24, 2.45) is 10.1 Å². The van der Waals surface area contributed by atoms with Crippen molar-refractivity contribution in [3.8, 4) is 17.0 Å². The van der Waals surface area contributed by atoms with Crippen LogP contribution in [0, 0.1) is 6.92 Å². The molecule has 10 nitrogen and oxygen atoms in total. The van der Waals surface area contributed by atoms with E-state index in [1.54, 1.807) is 35.2 Å². The molecule has 0 spiro atoms. The minimum atomic E-state index is -3.63. The van der Waals surface area contributed by atoms with Crippen LogP contribution in [0.15, 0.2) is 87.1 Å². The maximum atomic E-state index is 12.7. The summed E-state index contributed by atoms with van der Waals surface area (Å²) in [6.07, 6.45) is 1.79. The van der Waals surface area contributed by atoms with Crippen molar-refractivity contribution >= 4 is 55.8 Å². The number of para-hydroxylation sites is 1. The molecule has 0 saturated carbocycles. The Kier molecular flexibility index (Phi) is 6.81. The quantitative estimate of drug-likeness (QED) is 0.280. The highest BCUT2D eigenvalue weighted by atomic mass is 32.2. The number of hydrogen-bond donors (Lipinski definition) is 2. The molecule has 208 valence electrons. The lowest BCUT2D eigenvalue weighted by molar-refractivity contribution is -0.118. The highest BCUT2D eigenvalue weighted by Crippen LogP contribution is 2.33. The van der Waals surface area contributed by atoms with E-state index in [4.69, 9.17) is 14.8 Å². The normalized spacial score (nSPS) is 14.0. The molecule has 6 rings (SSSR count). The van der Waals surface area contributed by atoms with E-state index in [0.717, 1.165) is 33.4 Å². The smallest absolute Gasteiger partial charge is 0.262 e. The highest BCUT2D eigenvalue weighted by Gasteiger charge is 2.19. The molecule has 2 aromatic heterocycles. The molecule has 12 heteroatoms. The van der Waals surface area contributed by atoms with Gasteiger partial charge in [-0.05, 0) is 49.4 Å². The van der Waals surface area contributed by atoms with Crippen LogP contribution in [0.4, 0.5) is 11.4 Å². The summed E-state index contributed by atoms with van der Waals surface area (Å²) in [4.78, 5) is 20.8. The third kappa shape index (κ3) is 5.08. The van der Waals surface area contributed by atoms with Gasteiger partial charge >= 0.3 is 0 Å². The van der Waals surface area contributed by atoms with Crippen molar-refractivity contribution in [1.82, 2.24) is 14.0 Å². The molecule has 1 aliphatic heterocycles. The van der Waals surface area contributed by atoms with E-state index in [9.17, 15) is 13.2 Å². The number of rotatable bonds is 6. The Morgan fingerprint density at radius 2 is 1.90 bits per heavy atom. The average molecular weight is 587 g/mol. The third-order valence-electron chi connectivity index (χ3n) is 6.66. The summed E-state index contributed by atoms with van der Waals surface area (Å²) < 4.78 is 33.9.